The van der Waals surface area contributed by atoms with Gasteiger partial charge in [-0.3, -0.25) is 4.79 Å². The average Bonchev–Trinajstić information content (AvgIpc) is 3.02. The summed E-state index contributed by atoms with van der Waals surface area (Å²) in [6.07, 6.45) is 1.62. The van der Waals surface area contributed by atoms with Crippen LogP contribution in [0.25, 0.3) is 0 Å². The maximum absolute atomic E-state index is 13.4. The molecule has 0 N–H and O–H groups in total. The Morgan fingerprint density at radius 3 is 2.22 bits per heavy atom. The summed E-state index contributed by atoms with van der Waals surface area (Å²) in [5.74, 6) is -0.486. The molecule has 2 aromatic carbocycles. The van der Waals surface area contributed by atoms with Gasteiger partial charge in [-0.25, -0.2) is 4.79 Å². The van der Waals surface area contributed by atoms with Gasteiger partial charge in [-0.15, -0.1) is 11.8 Å². The lowest BCUT2D eigenvalue weighted by Gasteiger charge is -2.62. The molecule has 2 bridgehead atoms. The van der Waals surface area contributed by atoms with Crippen LogP contribution in [0.2, 0.25) is 0 Å². The molecule has 0 amide bonds. The summed E-state index contributed by atoms with van der Waals surface area (Å²) in [7, 11) is 0. The van der Waals surface area contributed by atoms with Crippen LogP contribution in [0, 0.1) is 17.3 Å². The first-order chi connectivity index (χ1) is 17.1. The minimum Gasteiger partial charge on any atom is -0.462 e. The molecule has 3 aliphatic rings. The Morgan fingerprint density at radius 2 is 1.58 bits per heavy atom. The molecule has 192 valence electrons. The van der Waals surface area contributed by atoms with Crippen LogP contribution in [0.1, 0.15) is 64.2 Å². The van der Waals surface area contributed by atoms with Crippen LogP contribution in [0.3, 0.4) is 0 Å². The van der Waals surface area contributed by atoms with Gasteiger partial charge < -0.3 is 14.2 Å². The number of carbonyl (C=O) groups excluding carboxylic acids is 2. The van der Waals surface area contributed by atoms with Crippen molar-refractivity contribution in [2.45, 2.75) is 87.4 Å². The van der Waals surface area contributed by atoms with Gasteiger partial charge in [0.15, 0.2) is 0 Å². The molecule has 7 atom stereocenters. The van der Waals surface area contributed by atoms with Gasteiger partial charge in [-0.2, -0.15) is 0 Å². The fourth-order valence-electron chi connectivity index (χ4n) is 7.21. The number of fused-ring (bicyclic) bond motifs is 1. The molecule has 36 heavy (non-hydrogen) atoms. The van der Waals surface area contributed by atoms with Gasteiger partial charge in [0.2, 0.25) is 0 Å². The summed E-state index contributed by atoms with van der Waals surface area (Å²) < 4.78 is 19.6. The van der Waals surface area contributed by atoms with Gasteiger partial charge in [-0.05, 0) is 63.3 Å². The first kappa shape index (κ1) is 25.3. The molecule has 2 aliphatic carbocycles. The van der Waals surface area contributed by atoms with Crippen LogP contribution >= 0.6 is 11.8 Å². The number of ether oxygens (including phenoxy) is 3. The van der Waals surface area contributed by atoms with E-state index in [0.717, 1.165) is 19.3 Å². The lowest BCUT2D eigenvalue weighted by molar-refractivity contribution is -0.256. The predicted octanol–water partition coefficient (Wildman–Crippen LogP) is 6.31. The summed E-state index contributed by atoms with van der Waals surface area (Å²) in [4.78, 5) is 26.9. The normalized spacial score (nSPS) is 36.5. The lowest BCUT2D eigenvalue weighted by atomic mass is 9.50. The highest BCUT2D eigenvalue weighted by molar-refractivity contribution is 8.00. The largest absolute Gasteiger partial charge is 0.462 e. The summed E-state index contributed by atoms with van der Waals surface area (Å²) in [5.41, 5.74) is -1.31. The molecule has 2 aromatic rings. The van der Waals surface area contributed by atoms with E-state index < -0.39 is 22.7 Å². The van der Waals surface area contributed by atoms with Gasteiger partial charge in [0.25, 0.3) is 0 Å². The minimum atomic E-state index is -0.783. The number of carbonyl (C=O) groups is 2. The molecule has 2 saturated carbocycles. The summed E-state index contributed by atoms with van der Waals surface area (Å²) in [6, 6.07) is 19.5. The second kappa shape index (κ2) is 9.21. The van der Waals surface area contributed by atoms with Crippen molar-refractivity contribution in [2.75, 3.05) is 0 Å². The molecule has 5 rings (SSSR count). The maximum Gasteiger partial charge on any atom is 0.338 e. The Balaban J connectivity index is 1.62. The Labute approximate surface area is 218 Å². The van der Waals surface area contributed by atoms with E-state index in [0.29, 0.717) is 5.56 Å². The highest BCUT2D eigenvalue weighted by Crippen LogP contribution is 2.69. The first-order valence-corrected chi connectivity index (χ1v) is 13.8. The van der Waals surface area contributed by atoms with Crippen LogP contribution < -0.4 is 0 Å². The van der Waals surface area contributed by atoms with Crippen molar-refractivity contribution in [3.63, 3.8) is 0 Å². The molecule has 6 heteroatoms. The summed E-state index contributed by atoms with van der Waals surface area (Å²) in [6.45, 7) is 10.1. The van der Waals surface area contributed by atoms with Crippen molar-refractivity contribution < 1.29 is 23.8 Å². The van der Waals surface area contributed by atoms with Crippen LogP contribution in [0.4, 0.5) is 0 Å². The number of rotatable bonds is 5. The molecule has 1 heterocycles. The van der Waals surface area contributed by atoms with Gasteiger partial charge in [-0.1, -0.05) is 50.2 Å². The lowest BCUT2D eigenvalue weighted by Crippen LogP contribution is -2.72. The second-order valence-electron chi connectivity index (χ2n) is 11.3. The number of thioether (sulfide) groups is 1. The summed E-state index contributed by atoms with van der Waals surface area (Å²) >= 11 is 1.83. The van der Waals surface area contributed by atoms with Crippen molar-refractivity contribution in [1.29, 1.82) is 0 Å². The van der Waals surface area contributed by atoms with Crippen molar-refractivity contribution in [3.05, 3.63) is 66.2 Å². The zero-order valence-corrected chi connectivity index (χ0v) is 22.5. The summed E-state index contributed by atoms with van der Waals surface area (Å²) in [5, 5.41) is 0.116. The quantitative estimate of drug-likeness (QED) is 0.441. The van der Waals surface area contributed by atoms with Crippen LogP contribution in [0.15, 0.2) is 65.6 Å². The third kappa shape index (κ3) is 3.88. The molecule has 3 fully saturated rings. The van der Waals surface area contributed by atoms with Crippen LogP contribution in [-0.2, 0) is 19.0 Å². The molecule has 1 spiro atoms. The van der Waals surface area contributed by atoms with Gasteiger partial charge >= 0.3 is 11.9 Å². The fourth-order valence-corrected chi connectivity index (χ4v) is 8.74. The van der Waals surface area contributed by atoms with Crippen molar-refractivity contribution in [2.24, 2.45) is 17.3 Å². The molecular formula is C30H36O5S. The number of hydrogen-bond acceptors (Lipinski definition) is 6. The zero-order valence-electron chi connectivity index (χ0n) is 21.7. The van der Waals surface area contributed by atoms with E-state index in [-0.39, 0.29) is 35.1 Å². The Hall–Kier alpha value is -2.31. The topological polar surface area (TPSA) is 61.8 Å². The third-order valence-corrected chi connectivity index (χ3v) is 10.4. The average molecular weight is 509 g/mol. The van der Waals surface area contributed by atoms with E-state index in [1.807, 2.05) is 36.0 Å². The zero-order chi connectivity index (χ0) is 25.7. The van der Waals surface area contributed by atoms with Gasteiger partial charge in [0.1, 0.15) is 17.8 Å². The van der Waals surface area contributed by atoms with Crippen molar-refractivity contribution in [1.82, 2.24) is 0 Å². The van der Waals surface area contributed by atoms with Gasteiger partial charge in [0, 0.05) is 28.4 Å². The number of benzene rings is 2. The van der Waals surface area contributed by atoms with E-state index in [2.05, 4.69) is 52.0 Å². The van der Waals surface area contributed by atoms with E-state index in [1.54, 1.807) is 12.1 Å². The highest BCUT2D eigenvalue weighted by atomic mass is 32.2. The Kier molecular flexibility index (Phi) is 6.49. The van der Waals surface area contributed by atoms with Crippen molar-refractivity contribution >= 4 is 23.7 Å². The molecular weight excluding hydrogens is 472 g/mol. The Morgan fingerprint density at radius 1 is 0.944 bits per heavy atom. The molecule has 0 unspecified atom stereocenters. The molecule has 0 aromatic heterocycles. The number of esters is 2. The van der Waals surface area contributed by atoms with Crippen molar-refractivity contribution in [3.8, 4) is 0 Å². The molecule has 1 aliphatic heterocycles. The first-order valence-electron chi connectivity index (χ1n) is 12.9. The standard InChI is InChI=1S/C30H36O5S/c1-19-16-17-24(33-20(2)31)29(5)25(36-22-14-10-7-11-15-22)18-23-26(30(19,29)35-28(23,3)4)34-27(32)21-12-8-6-9-13-21/h6-15,19,23-26H,16-18H2,1-5H3/t19-,23+,24+,25-,26-,29+,30+/m1/s1. The van der Waals surface area contributed by atoms with E-state index in [9.17, 15) is 9.59 Å². The van der Waals surface area contributed by atoms with E-state index in [1.165, 1.54) is 11.8 Å². The molecule has 0 radical (unpaired) electrons. The van der Waals surface area contributed by atoms with Gasteiger partial charge in [0.05, 0.1) is 11.2 Å². The SMILES string of the molecule is CC(=O)O[C@H]1CC[C@@H](C)[C@@]23OC(C)(C)[C@@H](C[C@@H](Sc4ccccc4)[C@]12C)[C@H]3OC(=O)c1ccccc1. The second-order valence-corrected chi connectivity index (χ2v) is 12.6. The highest BCUT2D eigenvalue weighted by Gasteiger charge is 2.78. The molecule has 5 nitrogen and oxygen atoms in total. The van der Waals surface area contributed by atoms with E-state index in [4.69, 9.17) is 14.2 Å². The number of hydrogen-bond donors (Lipinski definition) is 0. The fraction of sp³-hybridized carbons (Fsp3) is 0.533. The van der Waals surface area contributed by atoms with Crippen LogP contribution in [0.5, 0.6) is 0 Å². The Bertz CT molecular complexity index is 1120. The van der Waals surface area contributed by atoms with Crippen LogP contribution in [-0.4, -0.2) is 40.6 Å². The minimum absolute atomic E-state index is 0.0120. The smallest absolute Gasteiger partial charge is 0.338 e. The van der Waals surface area contributed by atoms with E-state index >= 15 is 0 Å². The maximum atomic E-state index is 13.4. The predicted molar refractivity (Wildman–Crippen MR) is 140 cm³/mol. The molecule has 1 saturated heterocycles. The third-order valence-electron chi connectivity index (χ3n) is 8.93. The monoisotopic (exact) mass is 508 g/mol.